The largest absolute Gasteiger partial charge is 0.435 e. The van der Waals surface area contributed by atoms with Gasteiger partial charge in [-0.05, 0) is 24.1 Å². The van der Waals surface area contributed by atoms with E-state index in [2.05, 4.69) is 15.3 Å². The van der Waals surface area contributed by atoms with Crippen LogP contribution < -0.4 is 5.32 Å². The molecule has 0 spiro atoms. The van der Waals surface area contributed by atoms with Crippen LogP contribution in [0.1, 0.15) is 21.7 Å². The molecule has 1 heterocycles. The maximum absolute atomic E-state index is 13.1. The Bertz CT molecular complexity index is 767. The summed E-state index contributed by atoms with van der Waals surface area (Å²) in [6.07, 6.45) is -3.06. The molecule has 128 valence electrons. The highest BCUT2D eigenvalue weighted by atomic mass is 35.5. The lowest BCUT2D eigenvalue weighted by Crippen LogP contribution is -2.29. The Morgan fingerprint density at radius 3 is 2.42 bits per heavy atom. The number of halogens is 6. The van der Waals surface area contributed by atoms with Crippen LogP contribution in [0.2, 0.25) is 5.02 Å². The summed E-state index contributed by atoms with van der Waals surface area (Å²) in [5.41, 5.74) is -2.08. The van der Waals surface area contributed by atoms with E-state index in [-0.39, 0.29) is 23.6 Å². The first-order chi connectivity index (χ1) is 11.2. The first-order valence-electron chi connectivity index (χ1n) is 6.50. The first-order valence-corrected chi connectivity index (χ1v) is 6.87. The molecule has 0 saturated heterocycles. The second kappa shape index (κ2) is 7.08. The van der Waals surface area contributed by atoms with Crippen molar-refractivity contribution >= 4 is 17.5 Å². The number of nitrogens with one attached hydrogen (secondary N) is 1. The molecule has 4 nitrogen and oxygen atoms in total. The molecule has 2 rings (SSSR count). The molecule has 0 saturated carbocycles. The maximum Gasteiger partial charge on any atom is 0.435 e. The predicted molar refractivity (Wildman–Crippen MR) is 74.4 cm³/mol. The van der Waals surface area contributed by atoms with Gasteiger partial charge in [0.2, 0.25) is 0 Å². The van der Waals surface area contributed by atoms with Crippen molar-refractivity contribution in [2.45, 2.75) is 12.6 Å². The van der Waals surface area contributed by atoms with Gasteiger partial charge in [-0.3, -0.25) is 4.79 Å². The van der Waals surface area contributed by atoms with E-state index in [1.165, 1.54) is 0 Å². The van der Waals surface area contributed by atoms with Crippen LogP contribution in [0.5, 0.6) is 0 Å². The van der Waals surface area contributed by atoms with Crippen molar-refractivity contribution in [1.82, 2.24) is 15.3 Å². The van der Waals surface area contributed by atoms with Crippen molar-refractivity contribution < 1.29 is 26.7 Å². The number of carbonyl (C=O) groups excluding carboxylic acids is 1. The highest BCUT2D eigenvalue weighted by Crippen LogP contribution is 2.29. The molecule has 0 fully saturated rings. The molecule has 1 aromatic heterocycles. The van der Waals surface area contributed by atoms with Gasteiger partial charge in [0.05, 0.1) is 0 Å². The normalized spacial score (nSPS) is 11.4. The van der Waals surface area contributed by atoms with Gasteiger partial charge < -0.3 is 5.32 Å². The zero-order valence-corrected chi connectivity index (χ0v) is 12.6. The molecule has 0 aliphatic carbocycles. The lowest BCUT2D eigenvalue weighted by Gasteiger charge is -2.11. The number of alkyl halides is 3. The fourth-order valence-corrected chi connectivity index (χ4v) is 2.11. The maximum atomic E-state index is 13.1. The van der Waals surface area contributed by atoms with Crippen molar-refractivity contribution in [3.63, 3.8) is 0 Å². The average molecular weight is 366 g/mol. The summed E-state index contributed by atoms with van der Waals surface area (Å²) < 4.78 is 64.3. The Balaban J connectivity index is 2.06. The summed E-state index contributed by atoms with van der Waals surface area (Å²) in [6, 6.07) is 1.63. The number of hydrogen-bond donors (Lipinski definition) is 1. The van der Waals surface area contributed by atoms with E-state index in [1.807, 2.05) is 0 Å². The Morgan fingerprint density at radius 2 is 1.75 bits per heavy atom. The number of amides is 1. The molecular weight excluding hydrogens is 357 g/mol. The van der Waals surface area contributed by atoms with Gasteiger partial charge in [-0.1, -0.05) is 11.6 Å². The Kier molecular flexibility index (Phi) is 5.33. The second-order valence-electron chi connectivity index (χ2n) is 4.61. The summed E-state index contributed by atoms with van der Waals surface area (Å²) in [7, 11) is 0. The number of rotatable bonds is 4. The van der Waals surface area contributed by atoms with Gasteiger partial charge >= 0.3 is 6.18 Å². The van der Waals surface area contributed by atoms with E-state index in [9.17, 15) is 26.7 Å². The highest BCUT2D eigenvalue weighted by molar-refractivity contribution is 6.31. The fourth-order valence-electron chi connectivity index (χ4n) is 1.86. The van der Waals surface area contributed by atoms with Crippen molar-refractivity contribution in [1.29, 1.82) is 0 Å². The quantitative estimate of drug-likeness (QED) is 0.667. The smallest absolute Gasteiger partial charge is 0.350 e. The summed E-state index contributed by atoms with van der Waals surface area (Å²) in [5.74, 6) is -3.33. The van der Waals surface area contributed by atoms with Crippen LogP contribution in [-0.2, 0) is 12.6 Å². The molecule has 0 radical (unpaired) electrons. The molecule has 0 unspecified atom stereocenters. The molecule has 1 amide bonds. The van der Waals surface area contributed by atoms with E-state index in [4.69, 9.17) is 11.6 Å². The number of benzene rings is 1. The number of carbonyl (C=O) groups is 1. The van der Waals surface area contributed by atoms with Gasteiger partial charge in [0.1, 0.15) is 0 Å². The van der Waals surface area contributed by atoms with Gasteiger partial charge in [0.25, 0.3) is 5.91 Å². The predicted octanol–water partition coefficient (Wildman–Crippen LogP) is 3.40. The first kappa shape index (κ1) is 18.1. The third-order valence-electron chi connectivity index (χ3n) is 2.95. The summed E-state index contributed by atoms with van der Waals surface area (Å²) in [4.78, 5) is 18.3. The van der Waals surface area contributed by atoms with Crippen LogP contribution in [-0.4, -0.2) is 22.4 Å². The van der Waals surface area contributed by atoms with E-state index in [1.54, 1.807) is 0 Å². The van der Waals surface area contributed by atoms with Crippen molar-refractivity contribution in [2.24, 2.45) is 0 Å². The second-order valence-corrected chi connectivity index (χ2v) is 5.02. The van der Waals surface area contributed by atoms with Crippen LogP contribution in [0.3, 0.4) is 0 Å². The standard InChI is InChI=1S/C14H9ClF5N3O/c15-8-6-10(17)9(16)5-7(8)1-2-23-13(24)11-12(14(18,19)20)22-4-3-21-11/h3-6H,1-2H2,(H,23,24). The molecule has 24 heavy (non-hydrogen) atoms. The van der Waals surface area contributed by atoms with Crippen LogP contribution >= 0.6 is 11.6 Å². The van der Waals surface area contributed by atoms with Crippen LogP contribution in [0.4, 0.5) is 22.0 Å². The Hall–Kier alpha value is -2.29. The zero-order chi connectivity index (χ0) is 17.9. The minimum absolute atomic E-state index is 0.0105. The average Bonchev–Trinajstić information content (AvgIpc) is 2.51. The van der Waals surface area contributed by atoms with Gasteiger partial charge in [-0.15, -0.1) is 0 Å². The number of hydrogen-bond acceptors (Lipinski definition) is 3. The molecule has 1 N–H and O–H groups in total. The van der Waals surface area contributed by atoms with Gasteiger partial charge in [0, 0.05) is 24.0 Å². The number of aromatic nitrogens is 2. The highest BCUT2D eigenvalue weighted by Gasteiger charge is 2.37. The van der Waals surface area contributed by atoms with E-state index >= 15 is 0 Å². The minimum atomic E-state index is -4.83. The van der Waals surface area contributed by atoms with Gasteiger partial charge in [-0.2, -0.15) is 13.2 Å². The van der Waals surface area contributed by atoms with Gasteiger partial charge in [-0.25, -0.2) is 18.7 Å². The third kappa shape index (κ3) is 4.16. The summed E-state index contributed by atoms with van der Waals surface area (Å²) in [6.45, 7) is -0.155. The van der Waals surface area contributed by atoms with Crippen LogP contribution in [0.25, 0.3) is 0 Å². The monoisotopic (exact) mass is 365 g/mol. The summed E-state index contributed by atoms with van der Waals surface area (Å²) in [5, 5.41) is 2.15. The topological polar surface area (TPSA) is 54.9 Å². The van der Waals surface area contributed by atoms with E-state index < -0.39 is 35.1 Å². The Labute approximate surface area is 137 Å². The molecular formula is C14H9ClF5N3O. The van der Waals surface area contributed by atoms with E-state index in [0.717, 1.165) is 24.5 Å². The molecule has 0 aliphatic rings. The molecule has 0 aliphatic heterocycles. The van der Waals surface area contributed by atoms with Crippen molar-refractivity contribution in [2.75, 3.05) is 6.54 Å². The SMILES string of the molecule is O=C(NCCc1cc(F)c(F)cc1Cl)c1nccnc1C(F)(F)F. The lowest BCUT2D eigenvalue weighted by atomic mass is 10.1. The molecule has 1 aromatic carbocycles. The van der Waals surface area contributed by atoms with Gasteiger partial charge in [0.15, 0.2) is 23.0 Å². The fraction of sp³-hybridized carbons (Fsp3) is 0.214. The summed E-state index contributed by atoms with van der Waals surface area (Å²) >= 11 is 5.73. The van der Waals surface area contributed by atoms with Crippen LogP contribution in [0, 0.1) is 11.6 Å². The number of nitrogens with zero attached hydrogens (tertiary/aromatic N) is 2. The van der Waals surface area contributed by atoms with Crippen molar-refractivity contribution in [3.05, 3.63) is 58.1 Å². The lowest BCUT2D eigenvalue weighted by molar-refractivity contribution is -0.141. The third-order valence-corrected chi connectivity index (χ3v) is 3.30. The van der Waals surface area contributed by atoms with Crippen molar-refractivity contribution in [3.8, 4) is 0 Å². The van der Waals surface area contributed by atoms with E-state index in [0.29, 0.717) is 0 Å². The minimum Gasteiger partial charge on any atom is -0.350 e. The van der Waals surface area contributed by atoms with Crippen LogP contribution in [0.15, 0.2) is 24.5 Å². The zero-order valence-electron chi connectivity index (χ0n) is 11.8. The molecule has 10 heteroatoms. The molecule has 0 atom stereocenters. The molecule has 2 aromatic rings. The molecule has 0 bridgehead atoms. The Morgan fingerprint density at radius 1 is 1.12 bits per heavy atom.